The standard InChI is InChI=1S/C5H5N3O3/c1-2(9)6-4-3(10)5(11)8-7-4/h1H3,(H2,6,7,8,9,10,11). The van der Waals surface area contributed by atoms with Gasteiger partial charge in [0, 0.05) is 6.92 Å². The van der Waals surface area contributed by atoms with Crippen LogP contribution in [0.5, 0.6) is 0 Å². The summed E-state index contributed by atoms with van der Waals surface area (Å²) in [6.07, 6.45) is 0. The molecule has 1 heterocycles. The van der Waals surface area contributed by atoms with Gasteiger partial charge < -0.3 is 5.32 Å². The normalized spacial score (nSPS) is 15.9. The molecule has 0 fully saturated rings. The highest BCUT2D eigenvalue weighted by Crippen LogP contribution is 1.86. The lowest BCUT2D eigenvalue weighted by molar-refractivity contribution is -0.133. The summed E-state index contributed by atoms with van der Waals surface area (Å²) in [4.78, 5) is 31.5. The smallest absolute Gasteiger partial charge is 0.306 e. The summed E-state index contributed by atoms with van der Waals surface area (Å²) in [5, 5.41) is 5.37. The number of carbonyl (C=O) groups excluding carboxylic acids is 3. The molecule has 0 saturated carbocycles. The molecule has 2 N–H and O–H groups in total. The molecule has 0 radical (unpaired) electrons. The molecule has 6 nitrogen and oxygen atoms in total. The Bertz CT molecular complexity index is 268. The molecule has 2 amide bonds. The Hall–Kier alpha value is -1.72. The van der Waals surface area contributed by atoms with E-state index in [4.69, 9.17) is 0 Å². The van der Waals surface area contributed by atoms with Crippen molar-refractivity contribution in [2.45, 2.75) is 6.92 Å². The zero-order chi connectivity index (χ0) is 8.43. The van der Waals surface area contributed by atoms with Crippen molar-refractivity contribution in [1.29, 1.82) is 0 Å². The van der Waals surface area contributed by atoms with Gasteiger partial charge in [0.25, 0.3) is 5.78 Å². The highest BCUT2D eigenvalue weighted by Gasteiger charge is 2.27. The van der Waals surface area contributed by atoms with Gasteiger partial charge in [-0.2, -0.15) is 0 Å². The summed E-state index contributed by atoms with van der Waals surface area (Å²) in [6, 6.07) is 0. The van der Waals surface area contributed by atoms with Crippen molar-refractivity contribution in [3.8, 4) is 0 Å². The molecule has 0 unspecified atom stereocenters. The molecule has 0 spiro atoms. The Morgan fingerprint density at radius 2 is 2.18 bits per heavy atom. The van der Waals surface area contributed by atoms with Gasteiger partial charge in [0.2, 0.25) is 11.7 Å². The second kappa shape index (κ2) is 2.49. The van der Waals surface area contributed by atoms with Crippen LogP contribution in [-0.2, 0) is 14.4 Å². The van der Waals surface area contributed by atoms with Gasteiger partial charge in [-0.25, -0.2) is 5.43 Å². The van der Waals surface area contributed by atoms with Crippen molar-refractivity contribution in [1.82, 2.24) is 10.7 Å². The van der Waals surface area contributed by atoms with Crippen molar-refractivity contribution < 1.29 is 14.4 Å². The number of amidine groups is 1. The van der Waals surface area contributed by atoms with Crippen molar-refractivity contribution in [3.05, 3.63) is 0 Å². The summed E-state index contributed by atoms with van der Waals surface area (Å²) in [7, 11) is 0. The van der Waals surface area contributed by atoms with Crippen LogP contribution in [0.1, 0.15) is 6.92 Å². The van der Waals surface area contributed by atoms with E-state index < -0.39 is 17.6 Å². The zero-order valence-corrected chi connectivity index (χ0v) is 5.67. The Morgan fingerprint density at radius 1 is 1.55 bits per heavy atom. The zero-order valence-electron chi connectivity index (χ0n) is 5.67. The third-order valence-electron chi connectivity index (χ3n) is 0.985. The first kappa shape index (κ1) is 7.39. The van der Waals surface area contributed by atoms with Crippen LogP contribution in [0.2, 0.25) is 0 Å². The van der Waals surface area contributed by atoms with Crippen molar-refractivity contribution in [3.63, 3.8) is 0 Å². The van der Waals surface area contributed by atoms with Gasteiger partial charge >= 0.3 is 5.91 Å². The van der Waals surface area contributed by atoms with Gasteiger partial charge in [0.1, 0.15) is 0 Å². The van der Waals surface area contributed by atoms with E-state index in [2.05, 4.69) is 10.4 Å². The third kappa shape index (κ3) is 1.40. The maximum atomic E-state index is 10.7. The minimum absolute atomic E-state index is 0.248. The fourth-order valence-corrected chi connectivity index (χ4v) is 0.567. The Labute approximate surface area is 61.6 Å². The van der Waals surface area contributed by atoms with Crippen LogP contribution < -0.4 is 10.7 Å². The molecular formula is C5H5N3O3. The molecule has 0 bridgehead atoms. The molecule has 0 atom stereocenters. The average Bonchev–Trinajstić information content (AvgIpc) is 2.18. The first-order valence-corrected chi connectivity index (χ1v) is 2.81. The minimum Gasteiger partial charge on any atom is -0.306 e. The predicted molar refractivity (Wildman–Crippen MR) is 34.4 cm³/mol. The number of rotatable bonds is 0. The van der Waals surface area contributed by atoms with E-state index in [1.165, 1.54) is 6.92 Å². The fourth-order valence-electron chi connectivity index (χ4n) is 0.567. The predicted octanol–water partition coefficient (Wildman–Crippen LogP) is -1.87. The molecule has 6 heteroatoms. The lowest BCUT2D eigenvalue weighted by Crippen LogP contribution is -2.35. The molecular weight excluding hydrogens is 150 g/mol. The number of hydrazone groups is 1. The number of hydrogen-bond donors (Lipinski definition) is 2. The molecule has 0 aromatic rings. The van der Waals surface area contributed by atoms with E-state index in [0.717, 1.165) is 0 Å². The summed E-state index contributed by atoms with van der Waals surface area (Å²) in [5.74, 6) is -2.33. The van der Waals surface area contributed by atoms with Gasteiger partial charge in [0.05, 0.1) is 0 Å². The van der Waals surface area contributed by atoms with Crippen LogP contribution in [0.4, 0.5) is 0 Å². The summed E-state index contributed by atoms with van der Waals surface area (Å²) < 4.78 is 0. The van der Waals surface area contributed by atoms with Crippen molar-refractivity contribution in [2.75, 3.05) is 0 Å². The fraction of sp³-hybridized carbons (Fsp3) is 0.200. The Balaban J connectivity index is 2.68. The first-order valence-electron chi connectivity index (χ1n) is 2.81. The van der Waals surface area contributed by atoms with Gasteiger partial charge in [-0.05, 0) is 0 Å². The van der Waals surface area contributed by atoms with Gasteiger partial charge in [-0.15, -0.1) is 5.10 Å². The number of ketones is 1. The largest absolute Gasteiger partial charge is 0.315 e. The van der Waals surface area contributed by atoms with Gasteiger partial charge in [-0.3, -0.25) is 14.4 Å². The number of hydrogen-bond acceptors (Lipinski definition) is 4. The maximum Gasteiger partial charge on any atom is 0.315 e. The maximum absolute atomic E-state index is 10.7. The molecule has 0 aromatic carbocycles. The molecule has 1 aliphatic heterocycles. The number of nitrogens with zero attached hydrogens (tertiary/aromatic N) is 1. The highest BCUT2D eigenvalue weighted by atomic mass is 16.2. The second-order valence-corrected chi connectivity index (χ2v) is 1.91. The molecule has 0 aromatic heterocycles. The van der Waals surface area contributed by atoms with Crippen LogP contribution in [0.15, 0.2) is 5.10 Å². The topological polar surface area (TPSA) is 87.6 Å². The summed E-state index contributed by atoms with van der Waals surface area (Å²) in [6.45, 7) is 1.22. The molecule has 58 valence electrons. The third-order valence-corrected chi connectivity index (χ3v) is 0.985. The van der Waals surface area contributed by atoms with Crippen molar-refractivity contribution >= 4 is 23.4 Å². The molecule has 11 heavy (non-hydrogen) atoms. The Kier molecular flexibility index (Phi) is 1.67. The van der Waals surface area contributed by atoms with E-state index in [-0.39, 0.29) is 5.84 Å². The van der Waals surface area contributed by atoms with Gasteiger partial charge in [0.15, 0.2) is 0 Å². The lowest BCUT2D eigenvalue weighted by Gasteiger charge is -1.93. The van der Waals surface area contributed by atoms with E-state index in [0.29, 0.717) is 0 Å². The molecule has 0 saturated heterocycles. The van der Waals surface area contributed by atoms with E-state index >= 15 is 0 Å². The van der Waals surface area contributed by atoms with Crippen LogP contribution in [-0.4, -0.2) is 23.4 Å². The Morgan fingerprint density at radius 3 is 2.55 bits per heavy atom. The number of Topliss-reactive ketones (excluding diaryl/α,β-unsaturated/α-hetero) is 1. The van der Waals surface area contributed by atoms with Crippen molar-refractivity contribution in [2.24, 2.45) is 5.10 Å². The summed E-state index contributed by atoms with van der Waals surface area (Å²) >= 11 is 0. The number of nitrogens with one attached hydrogen (secondary N) is 2. The monoisotopic (exact) mass is 155 g/mol. The van der Waals surface area contributed by atoms with Crippen LogP contribution in [0.25, 0.3) is 0 Å². The lowest BCUT2D eigenvalue weighted by atomic mass is 10.3. The van der Waals surface area contributed by atoms with E-state index in [1.807, 2.05) is 5.43 Å². The van der Waals surface area contributed by atoms with Crippen LogP contribution >= 0.6 is 0 Å². The summed E-state index contributed by atoms with van der Waals surface area (Å²) in [5.41, 5.74) is 1.91. The second-order valence-electron chi connectivity index (χ2n) is 1.91. The number of carbonyl (C=O) groups is 3. The van der Waals surface area contributed by atoms with Crippen LogP contribution in [0.3, 0.4) is 0 Å². The molecule has 1 rings (SSSR count). The quantitative estimate of drug-likeness (QED) is 0.402. The highest BCUT2D eigenvalue weighted by molar-refractivity contribution is 6.67. The van der Waals surface area contributed by atoms with E-state index in [9.17, 15) is 14.4 Å². The van der Waals surface area contributed by atoms with Gasteiger partial charge in [-0.1, -0.05) is 0 Å². The minimum atomic E-state index is -0.825. The van der Waals surface area contributed by atoms with Crippen LogP contribution in [0, 0.1) is 0 Å². The SMILES string of the molecule is CC(=O)NC1=NNC(=O)C1=O. The first-order chi connectivity index (χ1) is 5.11. The molecule has 1 aliphatic rings. The van der Waals surface area contributed by atoms with E-state index in [1.54, 1.807) is 0 Å². The average molecular weight is 155 g/mol. The molecule has 0 aliphatic carbocycles. The number of amides is 2.